The van der Waals surface area contributed by atoms with E-state index in [0.717, 1.165) is 0 Å². The monoisotopic (exact) mass is 278 g/mol. The molecular formula is C11H6ClF3OS. The SMILES string of the molecule is FC(F)(F)Oc1ccccc1-c1ccsc1Cl. The molecule has 0 aliphatic carbocycles. The third-order valence-corrected chi connectivity index (χ3v) is 3.19. The summed E-state index contributed by atoms with van der Waals surface area (Å²) in [6, 6.07) is 7.56. The minimum absolute atomic E-state index is 0.250. The van der Waals surface area contributed by atoms with Crippen molar-refractivity contribution in [2.24, 2.45) is 0 Å². The van der Waals surface area contributed by atoms with Crippen molar-refractivity contribution in [3.63, 3.8) is 0 Å². The van der Waals surface area contributed by atoms with Gasteiger partial charge in [-0.1, -0.05) is 29.8 Å². The quantitative estimate of drug-likeness (QED) is 0.754. The number of ether oxygens (including phenoxy) is 1. The Balaban J connectivity index is 2.45. The van der Waals surface area contributed by atoms with Crippen molar-refractivity contribution in [1.82, 2.24) is 0 Å². The Kier molecular flexibility index (Phi) is 3.31. The number of halogens is 4. The van der Waals surface area contributed by atoms with Gasteiger partial charge in [0, 0.05) is 11.1 Å². The molecule has 0 atom stereocenters. The molecule has 0 aliphatic rings. The van der Waals surface area contributed by atoms with E-state index < -0.39 is 6.36 Å². The number of benzene rings is 1. The van der Waals surface area contributed by atoms with Gasteiger partial charge in [-0.2, -0.15) is 0 Å². The van der Waals surface area contributed by atoms with Crippen LogP contribution in [-0.2, 0) is 0 Å². The molecule has 17 heavy (non-hydrogen) atoms. The fraction of sp³-hybridized carbons (Fsp3) is 0.0909. The Morgan fingerprint density at radius 2 is 1.76 bits per heavy atom. The lowest BCUT2D eigenvalue weighted by Crippen LogP contribution is -2.17. The molecule has 0 spiro atoms. The summed E-state index contributed by atoms with van der Waals surface area (Å²) in [6.07, 6.45) is -4.71. The van der Waals surface area contributed by atoms with Crippen LogP contribution < -0.4 is 4.74 Å². The van der Waals surface area contributed by atoms with Gasteiger partial charge in [-0.3, -0.25) is 0 Å². The minimum atomic E-state index is -4.71. The third kappa shape index (κ3) is 2.92. The molecule has 1 aromatic heterocycles. The van der Waals surface area contributed by atoms with Crippen LogP contribution in [0.5, 0.6) is 5.75 Å². The number of hydrogen-bond acceptors (Lipinski definition) is 2. The lowest BCUT2D eigenvalue weighted by molar-refractivity contribution is -0.274. The predicted octanol–water partition coefficient (Wildman–Crippen LogP) is 4.97. The highest BCUT2D eigenvalue weighted by molar-refractivity contribution is 7.15. The molecule has 2 rings (SSSR count). The molecule has 0 fully saturated rings. The summed E-state index contributed by atoms with van der Waals surface area (Å²) in [7, 11) is 0. The van der Waals surface area contributed by atoms with E-state index in [1.807, 2.05) is 0 Å². The molecule has 0 unspecified atom stereocenters. The molecule has 0 N–H and O–H groups in total. The molecule has 2 aromatic rings. The summed E-state index contributed by atoms with van der Waals surface area (Å²) >= 11 is 7.15. The van der Waals surface area contributed by atoms with Crippen molar-refractivity contribution in [1.29, 1.82) is 0 Å². The van der Waals surface area contributed by atoms with Gasteiger partial charge in [-0.25, -0.2) is 0 Å². The Morgan fingerprint density at radius 3 is 2.35 bits per heavy atom. The first kappa shape index (κ1) is 12.3. The molecule has 6 heteroatoms. The van der Waals surface area contributed by atoms with E-state index in [-0.39, 0.29) is 5.75 Å². The maximum atomic E-state index is 12.2. The third-order valence-electron chi connectivity index (χ3n) is 2.02. The summed E-state index contributed by atoms with van der Waals surface area (Å²) in [5.41, 5.74) is 0.868. The van der Waals surface area contributed by atoms with Gasteiger partial charge in [0.1, 0.15) is 10.1 Å². The second-order valence-electron chi connectivity index (χ2n) is 3.15. The summed E-state index contributed by atoms with van der Waals surface area (Å²) in [4.78, 5) is 0. The number of rotatable bonds is 2. The number of hydrogen-bond donors (Lipinski definition) is 0. The van der Waals surface area contributed by atoms with Crippen molar-refractivity contribution in [3.05, 3.63) is 40.0 Å². The molecule has 0 saturated carbocycles. The number of thiophene rings is 1. The van der Waals surface area contributed by atoms with Crippen LogP contribution in [0.1, 0.15) is 0 Å². The largest absolute Gasteiger partial charge is 0.573 e. The van der Waals surface area contributed by atoms with Crippen LogP contribution in [0.15, 0.2) is 35.7 Å². The molecule has 0 bridgehead atoms. The highest BCUT2D eigenvalue weighted by Gasteiger charge is 2.32. The van der Waals surface area contributed by atoms with Crippen LogP contribution in [0, 0.1) is 0 Å². The maximum absolute atomic E-state index is 12.2. The topological polar surface area (TPSA) is 9.23 Å². The Hall–Kier alpha value is -1.20. The van der Waals surface area contributed by atoms with Crippen LogP contribution in [0.4, 0.5) is 13.2 Å². The fourth-order valence-electron chi connectivity index (χ4n) is 1.39. The lowest BCUT2D eigenvalue weighted by Gasteiger charge is -2.12. The zero-order valence-electron chi connectivity index (χ0n) is 8.29. The van der Waals surface area contributed by atoms with E-state index in [9.17, 15) is 13.2 Å². The Bertz CT molecular complexity index is 521. The van der Waals surface area contributed by atoms with Crippen LogP contribution in [-0.4, -0.2) is 6.36 Å². The zero-order valence-corrected chi connectivity index (χ0v) is 9.86. The van der Waals surface area contributed by atoms with Gasteiger partial charge in [-0.15, -0.1) is 24.5 Å². The Morgan fingerprint density at radius 1 is 1.06 bits per heavy atom. The Labute approximate surface area is 104 Å². The van der Waals surface area contributed by atoms with E-state index in [4.69, 9.17) is 11.6 Å². The van der Waals surface area contributed by atoms with Gasteiger partial charge in [0.15, 0.2) is 0 Å². The van der Waals surface area contributed by atoms with Crippen LogP contribution in [0.2, 0.25) is 4.34 Å². The normalized spacial score (nSPS) is 11.5. The predicted molar refractivity (Wildman–Crippen MR) is 61.4 cm³/mol. The van der Waals surface area contributed by atoms with Crippen LogP contribution in [0.3, 0.4) is 0 Å². The van der Waals surface area contributed by atoms with Crippen molar-refractivity contribution >= 4 is 22.9 Å². The fourth-order valence-corrected chi connectivity index (χ4v) is 2.34. The molecule has 1 aromatic carbocycles. The molecule has 0 radical (unpaired) electrons. The van der Waals surface area contributed by atoms with Crippen molar-refractivity contribution in [2.45, 2.75) is 6.36 Å². The average molecular weight is 279 g/mol. The zero-order chi connectivity index (χ0) is 12.5. The number of para-hydroxylation sites is 1. The summed E-state index contributed by atoms with van der Waals surface area (Å²) < 4.78 is 41.0. The smallest absolute Gasteiger partial charge is 0.405 e. The van der Waals surface area contributed by atoms with E-state index in [1.54, 1.807) is 17.5 Å². The first-order valence-corrected chi connectivity index (χ1v) is 5.81. The molecular weight excluding hydrogens is 273 g/mol. The molecule has 1 heterocycles. The first-order valence-electron chi connectivity index (χ1n) is 4.55. The van der Waals surface area contributed by atoms with E-state index in [2.05, 4.69) is 4.74 Å². The molecule has 0 saturated heterocycles. The maximum Gasteiger partial charge on any atom is 0.573 e. The second kappa shape index (κ2) is 4.58. The van der Waals surface area contributed by atoms with E-state index in [0.29, 0.717) is 15.5 Å². The number of alkyl halides is 3. The lowest BCUT2D eigenvalue weighted by atomic mass is 10.1. The highest BCUT2D eigenvalue weighted by atomic mass is 35.5. The van der Waals surface area contributed by atoms with Gasteiger partial charge >= 0.3 is 6.36 Å². The summed E-state index contributed by atoms with van der Waals surface area (Å²) in [5.74, 6) is -0.250. The van der Waals surface area contributed by atoms with Crippen molar-refractivity contribution in [3.8, 4) is 16.9 Å². The second-order valence-corrected chi connectivity index (χ2v) is 4.67. The van der Waals surface area contributed by atoms with Crippen molar-refractivity contribution < 1.29 is 17.9 Å². The highest BCUT2D eigenvalue weighted by Crippen LogP contribution is 2.39. The summed E-state index contributed by atoms with van der Waals surface area (Å²) in [5, 5.41) is 1.71. The molecule has 1 nitrogen and oxygen atoms in total. The van der Waals surface area contributed by atoms with Gasteiger partial charge in [0.2, 0.25) is 0 Å². The van der Waals surface area contributed by atoms with E-state index >= 15 is 0 Å². The standard InChI is InChI=1S/C11H6ClF3OS/c12-10-8(5-6-17-10)7-3-1-2-4-9(7)16-11(13,14)15/h1-6H. The van der Waals surface area contributed by atoms with Crippen molar-refractivity contribution in [2.75, 3.05) is 0 Å². The van der Waals surface area contributed by atoms with Gasteiger partial charge < -0.3 is 4.74 Å². The first-order chi connectivity index (χ1) is 7.97. The van der Waals surface area contributed by atoms with Gasteiger partial charge in [-0.05, 0) is 17.5 Å². The summed E-state index contributed by atoms with van der Waals surface area (Å²) in [6.45, 7) is 0. The van der Waals surface area contributed by atoms with Crippen LogP contribution >= 0.6 is 22.9 Å². The molecule has 0 amide bonds. The minimum Gasteiger partial charge on any atom is -0.405 e. The van der Waals surface area contributed by atoms with Gasteiger partial charge in [0.25, 0.3) is 0 Å². The van der Waals surface area contributed by atoms with Crippen LogP contribution in [0.25, 0.3) is 11.1 Å². The van der Waals surface area contributed by atoms with E-state index in [1.165, 1.54) is 29.5 Å². The molecule has 0 aliphatic heterocycles. The molecule has 90 valence electrons. The van der Waals surface area contributed by atoms with Gasteiger partial charge in [0.05, 0.1) is 0 Å². The average Bonchev–Trinajstić information content (AvgIpc) is 2.63.